The lowest BCUT2D eigenvalue weighted by atomic mass is 10.1. The molecule has 0 N–H and O–H groups in total. The first kappa shape index (κ1) is 18.1. The van der Waals surface area contributed by atoms with E-state index in [4.69, 9.17) is 4.74 Å². The molecule has 0 bridgehead atoms. The Morgan fingerprint density at radius 3 is 2.71 bits per heavy atom. The highest BCUT2D eigenvalue weighted by atomic mass is 32.2. The van der Waals surface area contributed by atoms with Crippen LogP contribution in [0.3, 0.4) is 0 Å². The number of thioether (sulfide) groups is 1. The van der Waals surface area contributed by atoms with Gasteiger partial charge < -0.3 is 4.74 Å². The SMILES string of the molecule is CCOC(=O)c1cnc(SCCC=C(F)F)nc1-c1ccccc1. The molecule has 1 heterocycles. The van der Waals surface area contributed by atoms with E-state index in [1.807, 2.05) is 30.3 Å². The first-order valence-corrected chi connectivity index (χ1v) is 8.34. The van der Waals surface area contributed by atoms with Gasteiger partial charge in [0.15, 0.2) is 5.16 Å². The van der Waals surface area contributed by atoms with Crippen molar-refractivity contribution in [2.75, 3.05) is 12.4 Å². The van der Waals surface area contributed by atoms with Crippen molar-refractivity contribution in [3.8, 4) is 11.3 Å². The van der Waals surface area contributed by atoms with E-state index < -0.39 is 12.0 Å². The van der Waals surface area contributed by atoms with E-state index in [9.17, 15) is 13.6 Å². The Bertz CT molecular complexity index is 720. The normalized spacial score (nSPS) is 10.3. The fourth-order valence-corrected chi connectivity index (χ4v) is 2.63. The minimum absolute atomic E-state index is 0.219. The van der Waals surface area contributed by atoms with Gasteiger partial charge in [-0.2, -0.15) is 8.78 Å². The van der Waals surface area contributed by atoms with Crippen molar-refractivity contribution in [1.82, 2.24) is 9.97 Å². The zero-order valence-corrected chi connectivity index (χ0v) is 13.9. The standard InChI is InChI=1S/C17H16F2N2O2S/c1-2-23-16(22)13-11-20-17(24-10-6-9-14(18)19)21-15(13)12-7-4-3-5-8-12/h3-5,7-9,11H,2,6,10H2,1H3. The van der Waals surface area contributed by atoms with Crippen molar-refractivity contribution in [2.45, 2.75) is 18.5 Å². The molecule has 24 heavy (non-hydrogen) atoms. The number of allylic oxidation sites excluding steroid dienone is 1. The number of benzene rings is 1. The van der Waals surface area contributed by atoms with Crippen LogP contribution in [0.15, 0.2) is 53.8 Å². The minimum atomic E-state index is -1.70. The zero-order valence-electron chi connectivity index (χ0n) is 13.0. The predicted molar refractivity (Wildman–Crippen MR) is 89.1 cm³/mol. The molecule has 0 unspecified atom stereocenters. The van der Waals surface area contributed by atoms with Crippen LogP contribution in [0.1, 0.15) is 23.7 Å². The lowest BCUT2D eigenvalue weighted by molar-refractivity contribution is 0.0526. The summed E-state index contributed by atoms with van der Waals surface area (Å²) in [5.74, 6) is -0.0695. The van der Waals surface area contributed by atoms with Gasteiger partial charge in [0.05, 0.1) is 12.3 Å². The number of carbonyl (C=O) groups excluding carboxylic acids is 1. The van der Waals surface area contributed by atoms with E-state index in [0.717, 1.165) is 11.6 Å². The Morgan fingerprint density at radius 1 is 1.29 bits per heavy atom. The van der Waals surface area contributed by atoms with E-state index in [1.165, 1.54) is 18.0 Å². The van der Waals surface area contributed by atoms with Gasteiger partial charge in [0.25, 0.3) is 6.08 Å². The molecule has 2 rings (SSSR count). The van der Waals surface area contributed by atoms with Gasteiger partial charge in [0.1, 0.15) is 5.56 Å². The van der Waals surface area contributed by atoms with Crippen molar-refractivity contribution < 1.29 is 18.3 Å². The molecule has 1 aromatic carbocycles. The number of carbonyl (C=O) groups is 1. The van der Waals surface area contributed by atoms with Gasteiger partial charge in [-0.3, -0.25) is 0 Å². The maximum Gasteiger partial charge on any atom is 0.341 e. The van der Waals surface area contributed by atoms with Gasteiger partial charge in [0.2, 0.25) is 0 Å². The van der Waals surface area contributed by atoms with Crippen molar-refractivity contribution in [2.24, 2.45) is 0 Å². The minimum Gasteiger partial charge on any atom is -0.462 e. The van der Waals surface area contributed by atoms with E-state index in [2.05, 4.69) is 9.97 Å². The van der Waals surface area contributed by atoms with Gasteiger partial charge >= 0.3 is 5.97 Å². The molecule has 0 saturated heterocycles. The van der Waals surface area contributed by atoms with Crippen LogP contribution < -0.4 is 0 Å². The number of nitrogens with zero attached hydrogens (tertiary/aromatic N) is 2. The van der Waals surface area contributed by atoms with Gasteiger partial charge in [-0.05, 0) is 19.4 Å². The van der Waals surface area contributed by atoms with Gasteiger partial charge in [-0.15, -0.1) is 0 Å². The summed E-state index contributed by atoms with van der Waals surface area (Å²) in [5, 5.41) is 0.426. The molecular formula is C17H16F2N2O2S. The molecule has 0 saturated carbocycles. The second kappa shape index (κ2) is 9.12. The third-order valence-electron chi connectivity index (χ3n) is 2.96. The first-order chi connectivity index (χ1) is 11.6. The highest BCUT2D eigenvalue weighted by molar-refractivity contribution is 7.99. The summed E-state index contributed by atoms with van der Waals surface area (Å²) in [4.78, 5) is 20.6. The number of halogens is 2. The fraction of sp³-hybridized carbons (Fsp3) is 0.235. The van der Waals surface area contributed by atoms with Crippen molar-refractivity contribution in [3.05, 3.63) is 54.2 Å². The molecule has 0 spiro atoms. The summed E-state index contributed by atoms with van der Waals surface area (Å²) in [6, 6.07) is 9.21. The Labute approximate surface area is 143 Å². The van der Waals surface area contributed by atoms with Crippen LogP contribution in [0, 0.1) is 0 Å². The second-order valence-electron chi connectivity index (χ2n) is 4.63. The summed E-state index contributed by atoms with van der Waals surface area (Å²) >= 11 is 1.25. The van der Waals surface area contributed by atoms with Crippen molar-refractivity contribution in [3.63, 3.8) is 0 Å². The van der Waals surface area contributed by atoms with E-state index >= 15 is 0 Å². The summed E-state index contributed by atoms with van der Waals surface area (Å²) in [6.07, 6.45) is 0.801. The Morgan fingerprint density at radius 2 is 2.04 bits per heavy atom. The second-order valence-corrected chi connectivity index (χ2v) is 5.69. The molecule has 0 aliphatic carbocycles. The van der Waals surface area contributed by atoms with E-state index in [-0.39, 0.29) is 18.6 Å². The van der Waals surface area contributed by atoms with Crippen LogP contribution in [0.25, 0.3) is 11.3 Å². The molecular weight excluding hydrogens is 334 g/mol. The van der Waals surface area contributed by atoms with E-state index in [0.29, 0.717) is 16.6 Å². The fourth-order valence-electron chi connectivity index (χ4n) is 1.93. The summed E-state index contributed by atoms with van der Waals surface area (Å²) in [5.41, 5.74) is 1.51. The van der Waals surface area contributed by atoms with Gasteiger partial charge in [0, 0.05) is 17.5 Å². The average molecular weight is 350 g/mol. The average Bonchev–Trinajstić information content (AvgIpc) is 2.59. The molecule has 7 heteroatoms. The van der Waals surface area contributed by atoms with Crippen LogP contribution >= 0.6 is 11.8 Å². The third kappa shape index (κ3) is 5.13. The maximum atomic E-state index is 12.1. The quantitative estimate of drug-likeness (QED) is 0.317. The lowest BCUT2D eigenvalue weighted by Gasteiger charge is -2.09. The molecule has 0 amide bonds. The number of hydrogen-bond acceptors (Lipinski definition) is 5. The van der Waals surface area contributed by atoms with Crippen molar-refractivity contribution in [1.29, 1.82) is 0 Å². The first-order valence-electron chi connectivity index (χ1n) is 7.35. The number of ether oxygens (including phenoxy) is 1. The highest BCUT2D eigenvalue weighted by Crippen LogP contribution is 2.25. The van der Waals surface area contributed by atoms with Crippen LogP contribution in [-0.4, -0.2) is 28.3 Å². The van der Waals surface area contributed by atoms with Gasteiger partial charge in [-0.1, -0.05) is 42.1 Å². The molecule has 0 aliphatic rings. The van der Waals surface area contributed by atoms with Gasteiger partial charge in [-0.25, -0.2) is 14.8 Å². The Kier molecular flexibility index (Phi) is 6.87. The molecule has 4 nitrogen and oxygen atoms in total. The zero-order chi connectivity index (χ0) is 17.4. The van der Waals surface area contributed by atoms with Crippen LogP contribution in [0.4, 0.5) is 8.78 Å². The largest absolute Gasteiger partial charge is 0.462 e. The number of rotatable bonds is 7. The predicted octanol–water partition coefficient (Wildman–Crippen LogP) is 4.58. The summed E-state index contributed by atoms with van der Waals surface area (Å²) in [6.45, 7) is 1.98. The number of hydrogen-bond donors (Lipinski definition) is 0. The summed E-state index contributed by atoms with van der Waals surface area (Å²) < 4.78 is 29.1. The number of esters is 1. The summed E-state index contributed by atoms with van der Waals surface area (Å²) in [7, 11) is 0. The maximum absolute atomic E-state index is 12.1. The molecule has 2 aromatic rings. The third-order valence-corrected chi connectivity index (χ3v) is 3.85. The van der Waals surface area contributed by atoms with Crippen LogP contribution in [0.5, 0.6) is 0 Å². The number of aromatic nitrogens is 2. The molecule has 0 aliphatic heterocycles. The highest BCUT2D eigenvalue weighted by Gasteiger charge is 2.17. The molecule has 0 atom stereocenters. The Balaban J connectivity index is 2.27. The molecule has 1 aromatic heterocycles. The topological polar surface area (TPSA) is 52.1 Å². The van der Waals surface area contributed by atoms with E-state index in [1.54, 1.807) is 6.92 Å². The molecule has 0 fully saturated rings. The molecule has 126 valence electrons. The van der Waals surface area contributed by atoms with Crippen LogP contribution in [0.2, 0.25) is 0 Å². The van der Waals surface area contributed by atoms with Crippen molar-refractivity contribution >= 4 is 17.7 Å². The lowest BCUT2D eigenvalue weighted by Crippen LogP contribution is -2.09. The smallest absolute Gasteiger partial charge is 0.341 e. The monoisotopic (exact) mass is 350 g/mol. The molecule has 0 radical (unpaired) electrons. The Hall–Kier alpha value is -2.28. The van der Waals surface area contributed by atoms with Crippen LogP contribution in [-0.2, 0) is 4.74 Å².